The highest BCUT2D eigenvalue weighted by atomic mass is 16.5. The second kappa shape index (κ2) is 5.15. The van der Waals surface area contributed by atoms with E-state index < -0.39 is 11.1 Å². The number of rotatable bonds is 4. The molecule has 2 aliphatic heterocycles. The third-order valence-corrected chi connectivity index (χ3v) is 4.50. The number of ether oxygens (including phenoxy) is 1. The second-order valence-corrected chi connectivity index (χ2v) is 5.52. The lowest BCUT2D eigenvalue weighted by molar-refractivity contribution is -0.129. The highest BCUT2D eigenvalue weighted by Crippen LogP contribution is 2.26. The quantitative estimate of drug-likeness (QED) is 0.671. The summed E-state index contributed by atoms with van der Waals surface area (Å²) in [6.07, 6.45) is 3.06. The van der Waals surface area contributed by atoms with E-state index in [1.807, 2.05) is 13.8 Å². The largest absolute Gasteiger partial charge is 0.385 e. The lowest BCUT2D eigenvalue weighted by Gasteiger charge is -2.31. The Labute approximate surface area is 108 Å². The van der Waals surface area contributed by atoms with Crippen LogP contribution in [-0.2, 0) is 9.53 Å². The maximum absolute atomic E-state index is 12.3. The molecule has 0 aromatic carbocycles. The van der Waals surface area contributed by atoms with Crippen molar-refractivity contribution in [1.82, 2.24) is 10.6 Å². The molecule has 2 rings (SSSR count). The van der Waals surface area contributed by atoms with Gasteiger partial charge in [0.25, 0.3) is 0 Å². The van der Waals surface area contributed by atoms with Gasteiger partial charge in [0.2, 0.25) is 5.91 Å². The molecule has 0 aromatic heterocycles. The van der Waals surface area contributed by atoms with Crippen LogP contribution in [0.1, 0.15) is 39.5 Å². The van der Waals surface area contributed by atoms with Gasteiger partial charge in [-0.05, 0) is 32.7 Å². The average molecular weight is 256 g/mol. The van der Waals surface area contributed by atoms with Crippen LogP contribution in [0.15, 0.2) is 0 Å². The van der Waals surface area contributed by atoms with Gasteiger partial charge in [-0.15, -0.1) is 0 Å². The third kappa shape index (κ3) is 2.39. The Kier molecular flexibility index (Phi) is 3.94. The molecular weight excluding hydrogens is 232 g/mol. The Hall–Kier alpha value is -0.650. The lowest BCUT2D eigenvalue weighted by Crippen LogP contribution is -2.57. The van der Waals surface area contributed by atoms with Crippen molar-refractivity contribution in [2.24, 2.45) is 0 Å². The molecule has 0 aromatic rings. The SMILES string of the molecule is CCC1(C(=O)NCC2(O)CCOC2C)CCCN1. The number of carbonyl (C=O) groups is 1. The van der Waals surface area contributed by atoms with E-state index in [2.05, 4.69) is 10.6 Å². The Morgan fingerprint density at radius 3 is 2.83 bits per heavy atom. The van der Waals surface area contributed by atoms with Gasteiger partial charge in [-0.2, -0.15) is 0 Å². The van der Waals surface area contributed by atoms with Crippen molar-refractivity contribution in [1.29, 1.82) is 0 Å². The predicted molar refractivity (Wildman–Crippen MR) is 68.2 cm³/mol. The smallest absolute Gasteiger partial charge is 0.240 e. The minimum atomic E-state index is -0.913. The minimum absolute atomic E-state index is 0.00928. The minimum Gasteiger partial charge on any atom is -0.385 e. The zero-order valence-electron chi connectivity index (χ0n) is 11.3. The molecule has 3 atom stereocenters. The van der Waals surface area contributed by atoms with Crippen LogP contribution in [0.5, 0.6) is 0 Å². The molecular formula is C13H24N2O3. The summed E-state index contributed by atoms with van der Waals surface area (Å²) in [6, 6.07) is 0. The maximum atomic E-state index is 12.3. The lowest BCUT2D eigenvalue weighted by atomic mass is 9.91. The summed E-state index contributed by atoms with van der Waals surface area (Å²) in [5.41, 5.74) is -1.34. The van der Waals surface area contributed by atoms with E-state index in [0.717, 1.165) is 25.8 Å². The van der Waals surface area contributed by atoms with Crippen molar-refractivity contribution in [3.63, 3.8) is 0 Å². The molecule has 0 radical (unpaired) electrons. The molecule has 0 saturated carbocycles. The summed E-state index contributed by atoms with van der Waals surface area (Å²) < 4.78 is 5.36. The summed E-state index contributed by atoms with van der Waals surface area (Å²) in [5.74, 6) is 0.00928. The van der Waals surface area contributed by atoms with Crippen LogP contribution in [0.3, 0.4) is 0 Å². The monoisotopic (exact) mass is 256 g/mol. The van der Waals surface area contributed by atoms with Gasteiger partial charge in [-0.1, -0.05) is 6.92 Å². The molecule has 1 amide bonds. The second-order valence-electron chi connectivity index (χ2n) is 5.52. The topological polar surface area (TPSA) is 70.6 Å². The molecule has 0 aliphatic carbocycles. The van der Waals surface area contributed by atoms with Gasteiger partial charge in [0.1, 0.15) is 5.60 Å². The molecule has 5 heteroatoms. The van der Waals surface area contributed by atoms with Gasteiger partial charge in [-0.3, -0.25) is 4.79 Å². The maximum Gasteiger partial charge on any atom is 0.240 e. The normalized spacial score (nSPS) is 40.1. The molecule has 2 fully saturated rings. The molecule has 2 aliphatic rings. The number of aliphatic hydroxyl groups is 1. The van der Waals surface area contributed by atoms with Crippen molar-refractivity contribution < 1.29 is 14.6 Å². The molecule has 0 spiro atoms. The van der Waals surface area contributed by atoms with E-state index in [4.69, 9.17) is 4.74 Å². The number of hydrogen-bond donors (Lipinski definition) is 3. The highest BCUT2D eigenvalue weighted by molar-refractivity contribution is 5.86. The van der Waals surface area contributed by atoms with Crippen molar-refractivity contribution in [3.05, 3.63) is 0 Å². The average Bonchev–Trinajstić information content (AvgIpc) is 2.96. The van der Waals surface area contributed by atoms with E-state index in [1.54, 1.807) is 0 Å². The van der Waals surface area contributed by atoms with E-state index in [9.17, 15) is 9.90 Å². The van der Waals surface area contributed by atoms with Crippen molar-refractivity contribution >= 4 is 5.91 Å². The number of amides is 1. The fourth-order valence-electron chi connectivity index (χ4n) is 2.87. The standard InChI is InChI=1S/C13H24N2O3/c1-3-12(5-4-7-15-12)11(16)14-9-13(17)6-8-18-10(13)2/h10,15,17H,3-9H2,1-2H3,(H,14,16). The van der Waals surface area contributed by atoms with Gasteiger partial charge in [0, 0.05) is 19.6 Å². The fourth-order valence-corrected chi connectivity index (χ4v) is 2.87. The molecule has 2 saturated heterocycles. The molecule has 5 nitrogen and oxygen atoms in total. The van der Waals surface area contributed by atoms with Gasteiger partial charge in [0.15, 0.2) is 0 Å². The van der Waals surface area contributed by atoms with Crippen LogP contribution in [0.25, 0.3) is 0 Å². The fraction of sp³-hybridized carbons (Fsp3) is 0.923. The Balaban J connectivity index is 1.91. The van der Waals surface area contributed by atoms with Crippen molar-refractivity contribution in [2.45, 2.75) is 56.8 Å². The highest BCUT2D eigenvalue weighted by Gasteiger charge is 2.43. The number of hydrogen-bond acceptors (Lipinski definition) is 4. The number of carbonyl (C=O) groups excluding carboxylic acids is 1. The van der Waals surface area contributed by atoms with Gasteiger partial charge in [0.05, 0.1) is 11.6 Å². The summed E-state index contributed by atoms with van der Waals surface area (Å²) in [6.45, 7) is 5.60. The summed E-state index contributed by atoms with van der Waals surface area (Å²) in [7, 11) is 0. The number of nitrogens with one attached hydrogen (secondary N) is 2. The van der Waals surface area contributed by atoms with Crippen LogP contribution in [0.4, 0.5) is 0 Å². The third-order valence-electron chi connectivity index (χ3n) is 4.50. The van der Waals surface area contributed by atoms with E-state index >= 15 is 0 Å². The molecule has 2 heterocycles. The van der Waals surface area contributed by atoms with Crippen molar-refractivity contribution in [3.8, 4) is 0 Å². The van der Waals surface area contributed by atoms with Crippen LogP contribution in [-0.4, -0.2) is 48.0 Å². The summed E-state index contributed by atoms with van der Waals surface area (Å²) >= 11 is 0. The van der Waals surface area contributed by atoms with E-state index in [-0.39, 0.29) is 18.6 Å². The zero-order valence-corrected chi connectivity index (χ0v) is 11.3. The summed E-state index contributed by atoms with van der Waals surface area (Å²) in [5, 5.41) is 16.5. The van der Waals surface area contributed by atoms with Crippen LogP contribution < -0.4 is 10.6 Å². The first kappa shape index (κ1) is 13.8. The van der Waals surface area contributed by atoms with Gasteiger partial charge < -0.3 is 20.5 Å². The van der Waals surface area contributed by atoms with Crippen LogP contribution >= 0.6 is 0 Å². The van der Waals surface area contributed by atoms with Gasteiger partial charge in [-0.25, -0.2) is 0 Å². The molecule has 18 heavy (non-hydrogen) atoms. The Bertz CT molecular complexity index is 315. The molecule has 3 N–H and O–H groups in total. The Morgan fingerprint density at radius 1 is 1.56 bits per heavy atom. The molecule has 0 bridgehead atoms. The van der Waals surface area contributed by atoms with Crippen molar-refractivity contribution in [2.75, 3.05) is 19.7 Å². The first-order valence-corrected chi connectivity index (χ1v) is 6.90. The zero-order chi connectivity index (χ0) is 13.2. The first-order valence-electron chi connectivity index (χ1n) is 6.90. The Morgan fingerprint density at radius 2 is 2.33 bits per heavy atom. The predicted octanol–water partition coefficient (Wildman–Crippen LogP) is 0.175. The summed E-state index contributed by atoms with van der Waals surface area (Å²) in [4.78, 5) is 12.3. The molecule has 3 unspecified atom stereocenters. The van der Waals surface area contributed by atoms with Crippen LogP contribution in [0, 0.1) is 0 Å². The van der Waals surface area contributed by atoms with Crippen LogP contribution in [0.2, 0.25) is 0 Å². The molecule has 104 valence electrons. The van der Waals surface area contributed by atoms with E-state index in [0.29, 0.717) is 13.0 Å². The first-order chi connectivity index (χ1) is 8.52. The van der Waals surface area contributed by atoms with Gasteiger partial charge >= 0.3 is 0 Å². The van der Waals surface area contributed by atoms with E-state index in [1.165, 1.54) is 0 Å².